The number of fused-ring (bicyclic) bond motifs is 1. The SMILES string of the molecule is CBc1ccc(C(COC)(CN2CC3C=C(O)C=CC3C2=O)NC(N)=O)cc1. The van der Waals surface area contributed by atoms with Gasteiger partial charge in [-0.1, -0.05) is 42.6 Å². The summed E-state index contributed by atoms with van der Waals surface area (Å²) < 4.78 is 5.43. The Morgan fingerprint density at radius 3 is 2.75 bits per heavy atom. The van der Waals surface area contributed by atoms with E-state index in [0.717, 1.165) is 12.8 Å². The molecule has 1 aromatic rings. The summed E-state index contributed by atoms with van der Waals surface area (Å²) in [5.74, 6) is -0.257. The van der Waals surface area contributed by atoms with Gasteiger partial charge >= 0.3 is 6.03 Å². The first-order valence-electron chi connectivity index (χ1n) is 9.42. The summed E-state index contributed by atoms with van der Waals surface area (Å²) >= 11 is 0. The molecule has 2 aliphatic rings. The number of primary amides is 1. The van der Waals surface area contributed by atoms with Crippen LogP contribution < -0.4 is 16.5 Å². The number of methoxy groups -OCH3 is 1. The number of aliphatic hydroxyl groups excluding tert-OH is 1. The minimum Gasteiger partial charge on any atom is -0.508 e. The van der Waals surface area contributed by atoms with Gasteiger partial charge in [0.2, 0.25) is 5.91 Å². The zero-order valence-electron chi connectivity index (χ0n) is 16.2. The summed E-state index contributed by atoms with van der Waals surface area (Å²) in [5.41, 5.74) is 6.51. The van der Waals surface area contributed by atoms with Gasteiger partial charge in [-0.2, -0.15) is 0 Å². The zero-order valence-corrected chi connectivity index (χ0v) is 16.2. The number of rotatable bonds is 7. The van der Waals surface area contributed by atoms with Crippen LogP contribution in [0.1, 0.15) is 5.56 Å². The molecule has 148 valence electrons. The molecule has 28 heavy (non-hydrogen) atoms. The number of benzene rings is 1. The van der Waals surface area contributed by atoms with Crippen molar-refractivity contribution in [2.24, 2.45) is 17.6 Å². The summed E-state index contributed by atoms with van der Waals surface area (Å²) in [6, 6.07) is 7.19. The molecule has 1 aliphatic heterocycles. The van der Waals surface area contributed by atoms with Crippen LogP contribution in [0, 0.1) is 11.8 Å². The maximum atomic E-state index is 12.9. The largest absolute Gasteiger partial charge is 0.508 e. The third-order valence-corrected chi connectivity index (χ3v) is 5.48. The maximum absolute atomic E-state index is 12.9. The highest BCUT2D eigenvalue weighted by molar-refractivity contribution is 6.51. The Morgan fingerprint density at radius 2 is 2.14 bits per heavy atom. The van der Waals surface area contributed by atoms with Crippen LogP contribution in [0.2, 0.25) is 6.82 Å². The van der Waals surface area contributed by atoms with Crippen molar-refractivity contribution in [1.82, 2.24) is 10.2 Å². The van der Waals surface area contributed by atoms with Crippen LogP contribution in [0.3, 0.4) is 0 Å². The van der Waals surface area contributed by atoms with E-state index in [-0.39, 0.29) is 36.7 Å². The van der Waals surface area contributed by atoms with Crippen molar-refractivity contribution in [3.8, 4) is 0 Å². The number of allylic oxidation sites excluding steroid dienone is 1. The van der Waals surface area contributed by atoms with E-state index in [1.54, 1.807) is 30.2 Å². The van der Waals surface area contributed by atoms with E-state index in [2.05, 4.69) is 12.1 Å². The third kappa shape index (κ3) is 3.92. The molecule has 0 saturated carbocycles. The number of likely N-dealkylation sites (tertiary alicyclic amines) is 1. The van der Waals surface area contributed by atoms with E-state index in [1.165, 1.54) is 5.46 Å². The van der Waals surface area contributed by atoms with Gasteiger partial charge in [0.25, 0.3) is 0 Å². The second-order valence-electron chi connectivity index (χ2n) is 7.41. The van der Waals surface area contributed by atoms with Gasteiger partial charge in [0, 0.05) is 19.6 Å². The van der Waals surface area contributed by atoms with Crippen LogP contribution in [0.25, 0.3) is 0 Å². The molecule has 1 aliphatic carbocycles. The van der Waals surface area contributed by atoms with Crippen molar-refractivity contribution < 1.29 is 19.4 Å². The quantitative estimate of drug-likeness (QED) is 0.593. The van der Waals surface area contributed by atoms with Crippen LogP contribution >= 0.6 is 0 Å². The molecule has 3 amide bonds. The zero-order chi connectivity index (χ0) is 20.3. The Balaban J connectivity index is 1.93. The molecule has 0 radical (unpaired) electrons. The molecule has 0 aromatic heterocycles. The number of aliphatic hydroxyl groups is 1. The topological polar surface area (TPSA) is 105 Å². The second-order valence-corrected chi connectivity index (χ2v) is 7.41. The molecule has 1 heterocycles. The van der Waals surface area contributed by atoms with Crippen molar-refractivity contribution in [3.05, 3.63) is 53.8 Å². The molecule has 7 nitrogen and oxygen atoms in total. The lowest BCUT2D eigenvalue weighted by Crippen LogP contribution is -2.57. The Morgan fingerprint density at radius 1 is 1.43 bits per heavy atom. The molecule has 3 rings (SSSR count). The molecule has 4 N–H and O–H groups in total. The van der Waals surface area contributed by atoms with Crippen molar-refractivity contribution >= 4 is 24.7 Å². The lowest BCUT2D eigenvalue weighted by Gasteiger charge is -2.37. The maximum Gasteiger partial charge on any atom is 0.313 e. The van der Waals surface area contributed by atoms with Gasteiger partial charge in [-0.3, -0.25) is 4.79 Å². The molecule has 3 unspecified atom stereocenters. The Kier molecular flexibility index (Phi) is 5.79. The first-order valence-corrected chi connectivity index (χ1v) is 9.42. The molecule has 3 atom stereocenters. The number of carbonyl (C=O) groups is 2. The Labute approximate surface area is 165 Å². The third-order valence-electron chi connectivity index (χ3n) is 5.48. The smallest absolute Gasteiger partial charge is 0.313 e. The van der Waals surface area contributed by atoms with Gasteiger partial charge in [-0.25, -0.2) is 4.79 Å². The van der Waals surface area contributed by atoms with Crippen molar-refractivity contribution in [3.63, 3.8) is 0 Å². The highest BCUT2D eigenvalue weighted by atomic mass is 16.5. The molecule has 1 aromatic carbocycles. The van der Waals surface area contributed by atoms with Crippen molar-refractivity contribution in [2.75, 3.05) is 26.8 Å². The highest BCUT2D eigenvalue weighted by Gasteiger charge is 2.44. The number of nitrogens with two attached hydrogens (primary N) is 1. The number of hydrogen-bond acceptors (Lipinski definition) is 4. The Hall–Kier alpha value is -2.74. The van der Waals surface area contributed by atoms with Crippen LogP contribution in [0.4, 0.5) is 4.79 Å². The molecular weight excluding hydrogens is 357 g/mol. The van der Waals surface area contributed by atoms with E-state index in [1.807, 2.05) is 24.3 Å². The van der Waals surface area contributed by atoms with Gasteiger partial charge in [-0.15, -0.1) is 0 Å². The number of hydrogen-bond donors (Lipinski definition) is 3. The van der Waals surface area contributed by atoms with Crippen molar-refractivity contribution in [2.45, 2.75) is 12.4 Å². The number of amides is 3. The Bertz CT molecular complexity index is 808. The molecule has 1 saturated heterocycles. The van der Waals surface area contributed by atoms with Crippen LogP contribution in [0.15, 0.2) is 48.3 Å². The van der Waals surface area contributed by atoms with Gasteiger partial charge in [-0.05, 0) is 17.7 Å². The predicted molar refractivity (Wildman–Crippen MR) is 109 cm³/mol. The van der Waals surface area contributed by atoms with E-state index < -0.39 is 11.6 Å². The number of ether oxygens (including phenoxy) is 1. The molecule has 0 spiro atoms. The fourth-order valence-corrected chi connectivity index (χ4v) is 4.09. The highest BCUT2D eigenvalue weighted by Crippen LogP contribution is 2.34. The fourth-order valence-electron chi connectivity index (χ4n) is 4.09. The summed E-state index contributed by atoms with van der Waals surface area (Å²) in [4.78, 5) is 26.5. The number of urea groups is 1. The van der Waals surface area contributed by atoms with E-state index in [4.69, 9.17) is 10.5 Å². The van der Waals surface area contributed by atoms with Gasteiger partial charge in [0.1, 0.15) is 11.3 Å². The molecule has 0 bridgehead atoms. The number of nitrogens with one attached hydrogen (secondary N) is 1. The predicted octanol–water partition coefficient (Wildman–Crippen LogP) is 0.393. The van der Waals surface area contributed by atoms with E-state index in [9.17, 15) is 14.7 Å². The van der Waals surface area contributed by atoms with Gasteiger partial charge in [0.15, 0.2) is 7.28 Å². The van der Waals surface area contributed by atoms with Crippen LogP contribution in [-0.2, 0) is 15.1 Å². The summed E-state index contributed by atoms with van der Waals surface area (Å²) in [6.45, 7) is 2.91. The fraction of sp³-hybridized carbons (Fsp3) is 0.400. The van der Waals surface area contributed by atoms with Crippen molar-refractivity contribution in [1.29, 1.82) is 0 Å². The summed E-state index contributed by atoms with van der Waals surface area (Å²) in [5, 5.41) is 12.6. The average molecular weight is 383 g/mol. The first-order chi connectivity index (χ1) is 13.4. The number of nitrogens with zero attached hydrogens (tertiary/aromatic N) is 1. The number of carbonyl (C=O) groups excluding carboxylic acids is 2. The van der Waals surface area contributed by atoms with E-state index in [0.29, 0.717) is 6.54 Å². The van der Waals surface area contributed by atoms with E-state index >= 15 is 0 Å². The normalized spacial score (nSPS) is 23.0. The van der Waals surface area contributed by atoms with Crippen LogP contribution in [0.5, 0.6) is 0 Å². The lowest BCUT2D eigenvalue weighted by atomic mass is 9.72. The molecule has 1 fully saturated rings. The monoisotopic (exact) mass is 383 g/mol. The minimum absolute atomic E-state index is 0.0399. The van der Waals surface area contributed by atoms with Gasteiger partial charge < -0.3 is 25.8 Å². The summed E-state index contributed by atoms with van der Waals surface area (Å²) in [7, 11) is 2.45. The standard InChI is InChI=1S/C20H26BN3O4/c1-21-15-5-3-14(4-6-15)20(12-28-2,23-19(22)27)11-24-10-13-9-16(25)7-8-17(13)18(24)26/h3-9,13,17,21,25H,10-12H2,1-2H3,(H3,22,23,27). The minimum atomic E-state index is -0.967. The average Bonchev–Trinajstić information content (AvgIpc) is 2.96. The first kappa shape index (κ1) is 20.0. The second kappa shape index (κ2) is 8.10. The summed E-state index contributed by atoms with van der Waals surface area (Å²) in [6.07, 6.45) is 4.99. The molecule has 8 heteroatoms. The van der Waals surface area contributed by atoms with Gasteiger partial charge in [0.05, 0.1) is 19.1 Å². The van der Waals surface area contributed by atoms with Crippen LogP contribution in [-0.4, -0.2) is 56.0 Å². The lowest BCUT2D eigenvalue weighted by molar-refractivity contribution is -0.131. The molecular formula is C20H26BN3O4.